The van der Waals surface area contributed by atoms with Gasteiger partial charge in [0.15, 0.2) is 0 Å². The maximum Gasteiger partial charge on any atom is 0.0727 e. The maximum absolute atomic E-state index is 2.57. The van der Waals surface area contributed by atoms with Gasteiger partial charge < -0.3 is 9.80 Å². The number of hydrogen-bond donors (Lipinski definition) is 0. The average molecular weight is 703 g/mol. The topological polar surface area (TPSA) is 6.48 Å². The lowest BCUT2D eigenvalue weighted by Crippen LogP contribution is -2.28. The Hall–Kier alpha value is -6.64. The van der Waals surface area contributed by atoms with Crippen molar-refractivity contribution in [2.75, 3.05) is 9.80 Å². The van der Waals surface area contributed by atoms with E-state index < -0.39 is 5.41 Å². The Morgan fingerprint density at radius 2 is 0.745 bits per heavy atom. The molecule has 0 aromatic heterocycles. The van der Waals surface area contributed by atoms with Crippen molar-refractivity contribution in [3.05, 3.63) is 225 Å². The van der Waals surface area contributed by atoms with E-state index in [9.17, 15) is 0 Å². The van der Waals surface area contributed by atoms with E-state index in [-0.39, 0.29) is 0 Å². The molecule has 12 rings (SSSR count). The van der Waals surface area contributed by atoms with Crippen LogP contribution in [0.4, 0.5) is 34.1 Å². The van der Waals surface area contributed by atoms with Crippen LogP contribution in [0.25, 0.3) is 22.3 Å². The van der Waals surface area contributed by atoms with Crippen molar-refractivity contribution in [3.63, 3.8) is 0 Å². The first-order valence-corrected chi connectivity index (χ1v) is 19.5. The summed E-state index contributed by atoms with van der Waals surface area (Å²) in [6, 6.07) is 64.4. The lowest BCUT2D eigenvalue weighted by Gasteiger charge is -2.37. The first-order chi connectivity index (χ1) is 27.1. The fourth-order valence-corrected chi connectivity index (χ4v) is 10.5. The van der Waals surface area contributed by atoms with Gasteiger partial charge in [0, 0.05) is 35.6 Å². The molecule has 0 unspecified atom stereocenters. The standard InChI is InChI=1S/C53H38N2/c1-33-21-23-49-35(25-33)27-37-29-43-44-30-38-28-36-26-34(2)22-24-50(36)55(40-15-7-4-8-16-40)52(38)32-48(44)53(47(43)31-51(37)54(49)39-13-5-3-6-14-39)45-19-11-9-17-41(45)42-18-10-12-20-46(42)53/h3-26,29-32H,27-28H2,1-2H3. The molecule has 4 aliphatic rings. The number of rotatable bonds is 2. The van der Waals surface area contributed by atoms with E-state index in [1.165, 1.54) is 112 Å². The minimum atomic E-state index is -0.478. The highest BCUT2D eigenvalue weighted by atomic mass is 15.2. The summed E-state index contributed by atoms with van der Waals surface area (Å²) >= 11 is 0. The molecule has 0 bridgehead atoms. The Labute approximate surface area is 322 Å². The average Bonchev–Trinajstić information content (AvgIpc) is 3.67. The number of fused-ring (bicyclic) bond motifs is 14. The van der Waals surface area contributed by atoms with Gasteiger partial charge in [0.1, 0.15) is 0 Å². The number of benzene rings is 8. The number of anilines is 6. The van der Waals surface area contributed by atoms with Crippen molar-refractivity contribution in [1.29, 1.82) is 0 Å². The molecule has 0 saturated heterocycles. The van der Waals surface area contributed by atoms with Crippen LogP contribution in [0.5, 0.6) is 0 Å². The predicted molar refractivity (Wildman–Crippen MR) is 227 cm³/mol. The monoisotopic (exact) mass is 702 g/mol. The Morgan fingerprint density at radius 3 is 1.20 bits per heavy atom. The molecular weight excluding hydrogens is 665 g/mol. The predicted octanol–water partition coefficient (Wildman–Crippen LogP) is 13.4. The fraction of sp³-hybridized carbons (Fsp3) is 0.0943. The minimum absolute atomic E-state index is 0.478. The molecule has 8 aromatic carbocycles. The first kappa shape index (κ1) is 30.8. The van der Waals surface area contributed by atoms with Gasteiger partial charge in [-0.1, -0.05) is 120 Å². The van der Waals surface area contributed by atoms with Crippen molar-refractivity contribution in [3.8, 4) is 22.3 Å². The molecule has 2 nitrogen and oxygen atoms in total. The molecule has 2 aliphatic carbocycles. The smallest absolute Gasteiger partial charge is 0.0727 e. The van der Waals surface area contributed by atoms with Crippen LogP contribution < -0.4 is 9.80 Å². The largest absolute Gasteiger partial charge is 0.310 e. The summed E-state index contributed by atoms with van der Waals surface area (Å²) in [5.41, 5.74) is 25.9. The Morgan fingerprint density at radius 1 is 0.345 bits per heavy atom. The minimum Gasteiger partial charge on any atom is -0.310 e. The van der Waals surface area contributed by atoms with Crippen molar-refractivity contribution >= 4 is 34.1 Å². The van der Waals surface area contributed by atoms with E-state index in [1.54, 1.807) is 0 Å². The van der Waals surface area contributed by atoms with Crippen LogP contribution in [-0.4, -0.2) is 0 Å². The molecule has 0 amide bonds. The van der Waals surface area contributed by atoms with Gasteiger partial charge in [0.05, 0.1) is 16.8 Å². The SMILES string of the molecule is Cc1ccc2c(c1)Cc1cc3c(cc1N2c1ccccc1)C1(c2ccccc2-c2ccccc21)c1cc2c(cc1-3)Cc1cc(C)ccc1N2c1ccccc1. The molecule has 0 atom stereocenters. The zero-order chi connectivity index (χ0) is 36.4. The molecule has 1 spiro atoms. The van der Waals surface area contributed by atoms with Gasteiger partial charge in [0.25, 0.3) is 0 Å². The number of para-hydroxylation sites is 2. The van der Waals surface area contributed by atoms with Crippen LogP contribution >= 0.6 is 0 Å². The molecule has 8 aromatic rings. The fourth-order valence-electron chi connectivity index (χ4n) is 10.5. The second kappa shape index (κ2) is 11.2. The Balaban J connectivity index is 1.19. The lowest BCUT2D eigenvalue weighted by atomic mass is 9.70. The summed E-state index contributed by atoms with van der Waals surface area (Å²) in [6.07, 6.45) is 1.80. The van der Waals surface area contributed by atoms with E-state index in [0.717, 1.165) is 12.8 Å². The van der Waals surface area contributed by atoms with Crippen LogP contribution in [0.2, 0.25) is 0 Å². The summed E-state index contributed by atoms with van der Waals surface area (Å²) < 4.78 is 0. The highest BCUT2D eigenvalue weighted by molar-refractivity contribution is 5.99. The van der Waals surface area contributed by atoms with Gasteiger partial charge in [-0.15, -0.1) is 0 Å². The lowest BCUT2D eigenvalue weighted by molar-refractivity contribution is 0.792. The van der Waals surface area contributed by atoms with Crippen molar-refractivity contribution in [2.24, 2.45) is 0 Å². The zero-order valence-electron chi connectivity index (χ0n) is 31.0. The van der Waals surface area contributed by atoms with E-state index >= 15 is 0 Å². The summed E-state index contributed by atoms with van der Waals surface area (Å²) in [4.78, 5) is 5.02. The second-order valence-corrected chi connectivity index (χ2v) is 15.9. The van der Waals surface area contributed by atoms with Gasteiger partial charge in [-0.2, -0.15) is 0 Å². The van der Waals surface area contributed by atoms with Gasteiger partial charge >= 0.3 is 0 Å². The summed E-state index contributed by atoms with van der Waals surface area (Å²) in [7, 11) is 0. The summed E-state index contributed by atoms with van der Waals surface area (Å²) in [5, 5.41) is 0. The van der Waals surface area contributed by atoms with Crippen LogP contribution in [0, 0.1) is 13.8 Å². The third kappa shape index (κ3) is 4.14. The van der Waals surface area contributed by atoms with Crippen molar-refractivity contribution < 1.29 is 0 Å². The maximum atomic E-state index is 2.57. The zero-order valence-corrected chi connectivity index (χ0v) is 31.0. The Bertz CT molecular complexity index is 2700. The Kier molecular flexibility index (Phi) is 6.27. The van der Waals surface area contributed by atoms with Crippen molar-refractivity contribution in [1.82, 2.24) is 0 Å². The van der Waals surface area contributed by atoms with E-state index in [4.69, 9.17) is 0 Å². The highest BCUT2D eigenvalue weighted by Gasteiger charge is 2.53. The quantitative estimate of drug-likeness (QED) is 0.177. The van der Waals surface area contributed by atoms with Crippen LogP contribution in [0.3, 0.4) is 0 Å². The van der Waals surface area contributed by atoms with E-state index in [0.29, 0.717) is 0 Å². The van der Waals surface area contributed by atoms with Crippen LogP contribution in [0.1, 0.15) is 55.6 Å². The van der Waals surface area contributed by atoms with Crippen LogP contribution in [-0.2, 0) is 18.3 Å². The molecule has 2 heteroatoms. The third-order valence-corrected chi connectivity index (χ3v) is 12.7. The normalized spacial score (nSPS) is 14.7. The molecule has 0 N–H and O–H groups in total. The van der Waals surface area contributed by atoms with E-state index in [2.05, 4.69) is 194 Å². The molecule has 260 valence electrons. The number of aryl methyl sites for hydroxylation is 2. The first-order valence-electron chi connectivity index (χ1n) is 19.5. The van der Waals surface area contributed by atoms with Gasteiger partial charge in [0.2, 0.25) is 0 Å². The van der Waals surface area contributed by atoms with Gasteiger partial charge in [-0.05, 0) is 141 Å². The molecule has 0 radical (unpaired) electrons. The summed E-state index contributed by atoms with van der Waals surface area (Å²) in [6.45, 7) is 4.42. The molecular formula is C53H38N2. The molecule has 0 saturated carbocycles. The van der Waals surface area contributed by atoms with Crippen molar-refractivity contribution in [2.45, 2.75) is 32.1 Å². The molecule has 2 aliphatic heterocycles. The van der Waals surface area contributed by atoms with E-state index in [1.807, 2.05) is 0 Å². The highest BCUT2D eigenvalue weighted by Crippen LogP contribution is 2.65. The van der Waals surface area contributed by atoms with Gasteiger partial charge in [-0.3, -0.25) is 0 Å². The number of hydrogen-bond acceptors (Lipinski definition) is 2. The molecule has 0 fully saturated rings. The second-order valence-electron chi connectivity index (χ2n) is 15.9. The van der Waals surface area contributed by atoms with Gasteiger partial charge in [-0.25, -0.2) is 0 Å². The number of nitrogens with zero attached hydrogens (tertiary/aromatic N) is 2. The summed E-state index contributed by atoms with van der Waals surface area (Å²) in [5.74, 6) is 0. The van der Waals surface area contributed by atoms with Crippen LogP contribution in [0.15, 0.2) is 170 Å². The molecule has 2 heterocycles. The molecule has 55 heavy (non-hydrogen) atoms. The third-order valence-electron chi connectivity index (χ3n) is 12.7.